The first-order chi connectivity index (χ1) is 14.6. The molecule has 2 aromatic heterocycles. The van der Waals surface area contributed by atoms with E-state index in [-0.39, 0.29) is 6.23 Å². The van der Waals surface area contributed by atoms with Crippen LogP contribution in [0.3, 0.4) is 0 Å². The quantitative estimate of drug-likeness (QED) is 0.213. The number of rotatable bonds is 1. The smallest absolute Gasteiger partial charge is 0.136 e. The van der Waals surface area contributed by atoms with Crippen molar-refractivity contribution < 1.29 is 4.74 Å². The molecule has 1 aliphatic rings. The Morgan fingerprint density at radius 2 is 1.27 bits per heavy atom. The Bertz CT molecular complexity index is 1430. The normalized spacial score (nSPS) is 18.3. The molecule has 5 heteroatoms. The van der Waals surface area contributed by atoms with Crippen molar-refractivity contribution in [2.45, 2.75) is 39.5 Å². The van der Waals surface area contributed by atoms with Crippen molar-refractivity contribution in [3.05, 3.63) is 57.5 Å². The van der Waals surface area contributed by atoms with Gasteiger partial charge in [0.2, 0.25) is 0 Å². The predicted octanol–water partition coefficient (Wildman–Crippen LogP) is 8.56. The van der Waals surface area contributed by atoms with Gasteiger partial charge in [-0.15, -0.1) is 0 Å². The van der Waals surface area contributed by atoms with Gasteiger partial charge in [0.15, 0.2) is 0 Å². The lowest BCUT2D eigenvalue weighted by molar-refractivity contribution is 0.0356. The van der Waals surface area contributed by atoms with Crippen molar-refractivity contribution in [2.75, 3.05) is 7.11 Å². The Morgan fingerprint density at radius 1 is 0.800 bits per heavy atom. The largest absolute Gasteiger partial charge is 0.361 e. The Morgan fingerprint density at radius 3 is 1.80 bits per heavy atom. The van der Waals surface area contributed by atoms with E-state index < -0.39 is 0 Å². The highest BCUT2D eigenvalue weighted by Crippen LogP contribution is 2.51. The Kier molecular flexibility index (Phi) is 4.96. The minimum Gasteiger partial charge on any atom is -0.361 e. The number of methoxy groups -OCH3 is 1. The Balaban J connectivity index is 0.000000937. The van der Waals surface area contributed by atoms with Crippen molar-refractivity contribution in [3.8, 4) is 0 Å². The molecule has 0 N–H and O–H groups in total. The van der Waals surface area contributed by atoms with Gasteiger partial charge in [-0.1, -0.05) is 50.2 Å². The van der Waals surface area contributed by atoms with Gasteiger partial charge in [-0.25, -0.2) is 0 Å². The average Bonchev–Trinajstić information content (AvgIpc) is 3.27. The van der Waals surface area contributed by atoms with Gasteiger partial charge >= 0.3 is 0 Å². The number of hydrogen-bond donors (Lipinski definition) is 0. The fourth-order valence-corrected chi connectivity index (χ4v) is 6.32. The molecule has 0 radical (unpaired) electrons. The lowest BCUT2D eigenvalue weighted by Gasteiger charge is -2.21. The SMILES string of the molecule is CC.COC1C[C@H](C)n2c3ccccc3c3c(Br)c(Br)c4c5ccccc5n1c4c32. The molecule has 154 valence electrons. The van der Waals surface area contributed by atoms with Gasteiger partial charge in [0.25, 0.3) is 0 Å². The van der Waals surface area contributed by atoms with E-state index in [1.165, 1.54) is 43.6 Å². The molecule has 2 atom stereocenters. The summed E-state index contributed by atoms with van der Waals surface area (Å²) < 4.78 is 13.2. The third-order valence-corrected chi connectivity index (χ3v) is 8.34. The zero-order chi connectivity index (χ0) is 21.2. The Hall–Kier alpha value is -1.82. The monoisotopic (exact) mass is 526 g/mol. The summed E-state index contributed by atoms with van der Waals surface area (Å²) in [5.41, 5.74) is 5.03. The van der Waals surface area contributed by atoms with E-state index in [1.807, 2.05) is 21.0 Å². The molecule has 1 aliphatic heterocycles. The molecule has 0 saturated carbocycles. The number of fused-ring (bicyclic) bond motifs is 6. The van der Waals surface area contributed by atoms with Gasteiger partial charge < -0.3 is 13.9 Å². The van der Waals surface area contributed by atoms with Crippen LogP contribution in [0.25, 0.3) is 43.6 Å². The highest BCUT2D eigenvalue weighted by atomic mass is 79.9. The number of ether oxygens (including phenoxy) is 1. The van der Waals surface area contributed by atoms with E-state index >= 15 is 0 Å². The number of hydrogen-bond acceptors (Lipinski definition) is 1. The topological polar surface area (TPSA) is 19.1 Å². The van der Waals surface area contributed by atoms with E-state index in [0.29, 0.717) is 6.04 Å². The van der Waals surface area contributed by atoms with Crippen LogP contribution < -0.4 is 0 Å². The van der Waals surface area contributed by atoms with Gasteiger partial charge in [-0.05, 0) is 50.9 Å². The van der Waals surface area contributed by atoms with E-state index in [1.54, 1.807) is 0 Å². The Labute approximate surface area is 192 Å². The van der Waals surface area contributed by atoms with Crippen molar-refractivity contribution in [1.29, 1.82) is 0 Å². The predicted molar refractivity (Wildman–Crippen MR) is 135 cm³/mol. The van der Waals surface area contributed by atoms with Gasteiger partial charge in [0, 0.05) is 55.6 Å². The second kappa shape index (κ2) is 7.40. The van der Waals surface area contributed by atoms with E-state index in [9.17, 15) is 0 Å². The summed E-state index contributed by atoms with van der Waals surface area (Å²) >= 11 is 7.86. The van der Waals surface area contributed by atoms with Crippen molar-refractivity contribution >= 4 is 75.5 Å². The van der Waals surface area contributed by atoms with Gasteiger partial charge in [0.05, 0.1) is 16.6 Å². The van der Waals surface area contributed by atoms with E-state index in [0.717, 1.165) is 15.4 Å². The van der Waals surface area contributed by atoms with Crippen molar-refractivity contribution in [1.82, 2.24) is 9.13 Å². The molecule has 0 bridgehead atoms. The molecule has 0 fully saturated rings. The first-order valence-corrected chi connectivity index (χ1v) is 12.1. The van der Waals surface area contributed by atoms with Crippen LogP contribution in [0.5, 0.6) is 0 Å². The zero-order valence-electron chi connectivity index (χ0n) is 17.5. The summed E-state index contributed by atoms with van der Waals surface area (Å²) in [4.78, 5) is 0. The maximum absolute atomic E-state index is 6.03. The van der Waals surface area contributed by atoms with Crippen LogP contribution in [0.2, 0.25) is 0 Å². The molecular formula is C25H24Br2N2O. The van der Waals surface area contributed by atoms with Crippen molar-refractivity contribution in [2.24, 2.45) is 0 Å². The summed E-state index contributed by atoms with van der Waals surface area (Å²) in [5.74, 6) is 0. The molecule has 3 aromatic carbocycles. The second-order valence-corrected chi connectivity index (χ2v) is 9.21. The van der Waals surface area contributed by atoms with Crippen LogP contribution in [-0.2, 0) is 4.74 Å². The number of para-hydroxylation sites is 2. The van der Waals surface area contributed by atoms with Crippen LogP contribution >= 0.6 is 31.9 Å². The maximum Gasteiger partial charge on any atom is 0.136 e. The fraction of sp³-hybridized carbons (Fsp3) is 0.280. The molecule has 3 heterocycles. The lowest BCUT2D eigenvalue weighted by atomic mass is 10.1. The van der Waals surface area contributed by atoms with Crippen LogP contribution in [0.1, 0.15) is 39.5 Å². The third kappa shape index (κ3) is 2.46. The molecule has 3 nitrogen and oxygen atoms in total. The molecule has 5 aromatic rings. The van der Waals surface area contributed by atoms with Crippen molar-refractivity contribution in [3.63, 3.8) is 0 Å². The summed E-state index contributed by atoms with van der Waals surface area (Å²) in [6.07, 6.45) is 0.912. The molecule has 6 rings (SSSR count). The molecule has 1 unspecified atom stereocenters. The number of nitrogens with zero attached hydrogens (tertiary/aromatic N) is 2. The van der Waals surface area contributed by atoms with Gasteiger partial charge in [-0.2, -0.15) is 0 Å². The lowest BCUT2D eigenvalue weighted by Crippen LogP contribution is -2.13. The van der Waals surface area contributed by atoms with Crippen LogP contribution in [-0.4, -0.2) is 16.2 Å². The highest BCUT2D eigenvalue weighted by Gasteiger charge is 2.32. The molecular weight excluding hydrogens is 504 g/mol. The van der Waals surface area contributed by atoms with Gasteiger partial charge in [0.1, 0.15) is 6.23 Å². The summed E-state index contributed by atoms with van der Waals surface area (Å²) in [5, 5.41) is 5.05. The van der Waals surface area contributed by atoms with E-state index in [4.69, 9.17) is 4.74 Å². The molecule has 30 heavy (non-hydrogen) atoms. The molecule has 0 amide bonds. The average molecular weight is 528 g/mol. The first-order valence-electron chi connectivity index (χ1n) is 10.5. The standard InChI is InChI=1S/C23H18Br2N2O.C2H6/c1-12-11-17(28-2)27-16-10-6-4-8-14(16)19-21(25)20(24)18-13-7-3-5-9-15(13)26(12)22(18)23(19)27;1-2/h3-10,12,17H,11H2,1-2H3;1-2H3/t12-,17?;/m0./s1. The maximum atomic E-state index is 6.03. The van der Waals surface area contributed by atoms with Crippen LogP contribution in [0, 0.1) is 0 Å². The number of benzene rings is 3. The molecule has 0 saturated heterocycles. The summed E-state index contributed by atoms with van der Waals surface area (Å²) in [7, 11) is 1.82. The first kappa shape index (κ1) is 20.1. The summed E-state index contributed by atoms with van der Waals surface area (Å²) in [6.45, 7) is 6.30. The number of aromatic nitrogens is 2. The second-order valence-electron chi connectivity index (χ2n) is 7.62. The molecule has 0 aliphatic carbocycles. The third-order valence-electron chi connectivity index (χ3n) is 6.22. The highest BCUT2D eigenvalue weighted by molar-refractivity contribution is 9.13. The van der Waals surface area contributed by atoms with Crippen LogP contribution in [0.15, 0.2) is 57.5 Å². The minimum absolute atomic E-state index is 0.00709. The minimum atomic E-state index is -0.00709. The van der Waals surface area contributed by atoms with Crippen LogP contribution in [0.4, 0.5) is 0 Å². The number of halogens is 2. The van der Waals surface area contributed by atoms with E-state index in [2.05, 4.69) is 96.4 Å². The molecule has 0 spiro atoms. The zero-order valence-corrected chi connectivity index (χ0v) is 20.7. The summed E-state index contributed by atoms with van der Waals surface area (Å²) in [6, 6.07) is 17.7. The van der Waals surface area contributed by atoms with Gasteiger partial charge in [-0.3, -0.25) is 0 Å². The fourth-order valence-electron chi connectivity index (χ4n) is 5.12.